The lowest BCUT2D eigenvalue weighted by Gasteiger charge is -2.26. The van der Waals surface area contributed by atoms with E-state index in [1.165, 1.54) is 57.9 Å². The van der Waals surface area contributed by atoms with Crippen molar-refractivity contribution in [2.24, 2.45) is 0 Å². The molecule has 152 valence electrons. The highest BCUT2D eigenvalue weighted by atomic mass is 19.1. The minimum absolute atomic E-state index is 0.119. The van der Waals surface area contributed by atoms with E-state index in [9.17, 15) is 4.39 Å². The van der Waals surface area contributed by atoms with Crippen LogP contribution in [0, 0.1) is 5.82 Å². The van der Waals surface area contributed by atoms with E-state index < -0.39 is 0 Å². The van der Waals surface area contributed by atoms with Crippen LogP contribution in [0.4, 0.5) is 4.39 Å². The molecule has 0 fully saturated rings. The molecule has 3 aromatic carbocycles. The van der Waals surface area contributed by atoms with E-state index in [-0.39, 0.29) is 5.82 Å². The average Bonchev–Trinajstić information content (AvgIpc) is 2.75. The van der Waals surface area contributed by atoms with Gasteiger partial charge in [-0.05, 0) is 90.9 Å². The minimum atomic E-state index is -0.119. The van der Waals surface area contributed by atoms with E-state index in [1.807, 2.05) is 31.1 Å². The molecule has 0 bridgehead atoms. The summed E-state index contributed by atoms with van der Waals surface area (Å²) in [4.78, 5) is 2.01. The zero-order valence-corrected chi connectivity index (χ0v) is 17.8. The summed E-state index contributed by atoms with van der Waals surface area (Å²) in [5, 5.41) is 2.71. The molecule has 0 amide bonds. The quantitative estimate of drug-likeness (QED) is 0.474. The molecule has 0 saturated heterocycles. The van der Waals surface area contributed by atoms with Crippen LogP contribution in [0.3, 0.4) is 0 Å². The molecule has 0 unspecified atom stereocenters. The van der Waals surface area contributed by atoms with Crippen molar-refractivity contribution in [3.05, 3.63) is 99.9 Å². The maximum Gasteiger partial charge on any atom is 0.127 e. The number of hydrogen-bond donors (Lipinski definition) is 0. The molecular weight excluding hydrogens is 369 g/mol. The van der Waals surface area contributed by atoms with Crippen LogP contribution in [0.1, 0.15) is 47.1 Å². The SMILES string of the molecule is CN(C)Cc1cc(Cc2cccc3ccc4c(c23)CCC2=C4C=CCC2)ccc1F. The summed E-state index contributed by atoms with van der Waals surface area (Å²) in [5.74, 6) is -0.119. The molecule has 0 atom stereocenters. The first-order chi connectivity index (χ1) is 14.6. The number of rotatable bonds is 4. The van der Waals surface area contributed by atoms with Crippen LogP contribution < -0.4 is 0 Å². The Labute approximate surface area is 178 Å². The third-order valence-corrected chi connectivity index (χ3v) is 6.48. The second kappa shape index (κ2) is 7.85. The Morgan fingerprint density at radius 1 is 0.933 bits per heavy atom. The lowest BCUT2D eigenvalue weighted by atomic mass is 9.78. The fraction of sp³-hybridized carbons (Fsp3) is 0.286. The first kappa shape index (κ1) is 19.3. The van der Waals surface area contributed by atoms with Gasteiger partial charge in [-0.3, -0.25) is 0 Å². The van der Waals surface area contributed by atoms with Crippen molar-refractivity contribution in [1.29, 1.82) is 0 Å². The summed E-state index contributed by atoms with van der Waals surface area (Å²) in [7, 11) is 3.96. The van der Waals surface area contributed by atoms with Gasteiger partial charge in [-0.2, -0.15) is 0 Å². The van der Waals surface area contributed by atoms with Crippen LogP contribution in [-0.4, -0.2) is 19.0 Å². The maximum atomic E-state index is 14.3. The van der Waals surface area contributed by atoms with Crippen molar-refractivity contribution in [3.63, 3.8) is 0 Å². The zero-order valence-electron chi connectivity index (χ0n) is 17.8. The molecule has 0 aliphatic heterocycles. The predicted octanol–water partition coefficient (Wildman–Crippen LogP) is 6.68. The van der Waals surface area contributed by atoms with E-state index in [0.29, 0.717) is 6.54 Å². The van der Waals surface area contributed by atoms with Crippen LogP contribution >= 0.6 is 0 Å². The number of halogens is 1. The van der Waals surface area contributed by atoms with Gasteiger partial charge in [-0.1, -0.05) is 60.2 Å². The Morgan fingerprint density at radius 3 is 2.70 bits per heavy atom. The van der Waals surface area contributed by atoms with Crippen molar-refractivity contribution in [1.82, 2.24) is 4.90 Å². The van der Waals surface area contributed by atoms with Crippen molar-refractivity contribution in [3.8, 4) is 0 Å². The van der Waals surface area contributed by atoms with Gasteiger partial charge < -0.3 is 4.90 Å². The highest BCUT2D eigenvalue weighted by molar-refractivity contribution is 5.96. The second-order valence-electron chi connectivity index (χ2n) is 8.91. The van der Waals surface area contributed by atoms with Gasteiger partial charge in [0.1, 0.15) is 5.82 Å². The van der Waals surface area contributed by atoms with Gasteiger partial charge in [0.2, 0.25) is 0 Å². The number of aryl methyl sites for hydroxylation is 1. The third-order valence-electron chi connectivity index (χ3n) is 6.48. The standard InChI is InChI=1S/C28H28FN/c1-30(2)18-23-17-19(10-15-27(23)29)16-22-8-5-7-21-12-13-25-24-9-4-3-6-20(24)11-14-26(25)28(21)22/h4-5,7-10,12-13,15,17H,3,6,11,14,16,18H2,1-2H3. The van der Waals surface area contributed by atoms with Gasteiger partial charge in [-0.15, -0.1) is 0 Å². The molecule has 2 aliphatic rings. The third kappa shape index (κ3) is 3.50. The monoisotopic (exact) mass is 397 g/mol. The van der Waals surface area contributed by atoms with Crippen LogP contribution in [0.2, 0.25) is 0 Å². The summed E-state index contributed by atoms with van der Waals surface area (Å²) in [6, 6.07) is 16.8. The number of allylic oxidation sites excluding steroid dienone is 4. The van der Waals surface area contributed by atoms with Crippen LogP contribution in [-0.2, 0) is 19.4 Å². The van der Waals surface area contributed by atoms with E-state index in [1.54, 1.807) is 11.6 Å². The first-order valence-electron chi connectivity index (χ1n) is 10.9. The van der Waals surface area contributed by atoms with Crippen LogP contribution in [0.5, 0.6) is 0 Å². The molecule has 0 N–H and O–H groups in total. The summed E-state index contributed by atoms with van der Waals surface area (Å²) in [6.07, 6.45) is 10.1. The lowest BCUT2D eigenvalue weighted by molar-refractivity contribution is 0.392. The molecular formula is C28H28FN. The van der Waals surface area contributed by atoms with E-state index >= 15 is 0 Å². The topological polar surface area (TPSA) is 3.24 Å². The fourth-order valence-corrected chi connectivity index (χ4v) is 5.14. The summed E-state index contributed by atoms with van der Waals surface area (Å²) in [6.45, 7) is 0.619. The smallest absolute Gasteiger partial charge is 0.127 e. The number of nitrogens with zero attached hydrogens (tertiary/aromatic N) is 1. The van der Waals surface area contributed by atoms with Crippen LogP contribution in [0.25, 0.3) is 16.3 Å². The Balaban J connectivity index is 1.60. The molecule has 0 radical (unpaired) electrons. The van der Waals surface area contributed by atoms with Crippen molar-refractivity contribution >= 4 is 16.3 Å². The number of hydrogen-bond acceptors (Lipinski definition) is 1. The van der Waals surface area contributed by atoms with Gasteiger partial charge >= 0.3 is 0 Å². The largest absolute Gasteiger partial charge is 0.305 e. The van der Waals surface area contributed by atoms with Gasteiger partial charge in [0, 0.05) is 12.1 Å². The molecule has 1 nitrogen and oxygen atoms in total. The fourth-order valence-electron chi connectivity index (χ4n) is 5.14. The Bertz CT molecular complexity index is 1180. The molecule has 5 rings (SSSR count). The molecule has 2 heteroatoms. The second-order valence-corrected chi connectivity index (χ2v) is 8.91. The van der Waals surface area contributed by atoms with Crippen LogP contribution in [0.15, 0.2) is 66.3 Å². The van der Waals surface area contributed by atoms with E-state index in [4.69, 9.17) is 0 Å². The first-order valence-corrected chi connectivity index (χ1v) is 10.9. The zero-order chi connectivity index (χ0) is 20.7. The van der Waals surface area contributed by atoms with Crippen molar-refractivity contribution in [2.75, 3.05) is 14.1 Å². The van der Waals surface area contributed by atoms with E-state index in [0.717, 1.165) is 18.4 Å². The number of benzene rings is 3. The highest BCUT2D eigenvalue weighted by Crippen LogP contribution is 2.41. The molecule has 0 spiro atoms. The van der Waals surface area contributed by atoms with Gasteiger partial charge in [-0.25, -0.2) is 4.39 Å². The summed E-state index contributed by atoms with van der Waals surface area (Å²) < 4.78 is 14.3. The van der Waals surface area contributed by atoms with Crippen molar-refractivity contribution in [2.45, 2.75) is 38.6 Å². The molecule has 0 aromatic heterocycles. The lowest BCUT2D eigenvalue weighted by Crippen LogP contribution is -2.12. The van der Waals surface area contributed by atoms with Gasteiger partial charge in [0.25, 0.3) is 0 Å². The Morgan fingerprint density at radius 2 is 1.83 bits per heavy atom. The summed E-state index contributed by atoms with van der Waals surface area (Å²) in [5.41, 5.74) is 9.26. The summed E-state index contributed by atoms with van der Waals surface area (Å²) >= 11 is 0. The Kier molecular flexibility index (Phi) is 5.04. The average molecular weight is 398 g/mol. The molecule has 0 heterocycles. The molecule has 0 saturated carbocycles. The van der Waals surface area contributed by atoms with E-state index in [2.05, 4.69) is 42.5 Å². The number of fused-ring (bicyclic) bond motifs is 4. The maximum absolute atomic E-state index is 14.3. The minimum Gasteiger partial charge on any atom is -0.305 e. The molecule has 3 aromatic rings. The molecule has 2 aliphatic carbocycles. The normalized spacial score (nSPS) is 15.6. The van der Waals surface area contributed by atoms with Crippen molar-refractivity contribution < 1.29 is 4.39 Å². The van der Waals surface area contributed by atoms with Gasteiger partial charge in [0.05, 0.1) is 0 Å². The Hall–Kier alpha value is -2.71. The predicted molar refractivity (Wildman–Crippen MR) is 124 cm³/mol. The molecule has 30 heavy (non-hydrogen) atoms. The van der Waals surface area contributed by atoms with Gasteiger partial charge in [0.15, 0.2) is 0 Å². The highest BCUT2D eigenvalue weighted by Gasteiger charge is 2.21.